The van der Waals surface area contributed by atoms with Crippen LogP contribution in [-0.4, -0.2) is 20.4 Å². The summed E-state index contributed by atoms with van der Waals surface area (Å²) in [5.74, 6) is 0.320. The van der Waals surface area contributed by atoms with Gasteiger partial charge in [0, 0.05) is 11.1 Å². The van der Waals surface area contributed by atoms with Crippen LogP contribution in [0.5, 0.6) is 5.75 Å². The quantitative estimate of drug-likeness (QED) is 0.341. The van der Waals surface area contributed by atoms with Gasteiger partial charge in [0.2, 0.25) is 0 Å². The predicted molar refractivity (Wildman–Crippen MR) is 136 cm³/mol. The second-order valence-electron chi connectivity index (χ2n) is 7.97. The number of amides is 1. The molecule has 0 aliphatic carbocycles. The van der Waals surface area contributed by atoms with Gasteiger partial charge in [-0.1, -0.05) is 61.0 Å². The molecule has 0 saturated carbocycles. The van der Waals surface area contributed by atoms with E-state index in [1.165, 1.54) is 12.1 Å². The minimum Gasteiger partial charge on any atom is -0.481 e. The Labute approximate surface area is 199 Å². The van der Waals surface area contributed by atoms with E-state index in [1.807, 2.05) is 74.5 Å². The Hall–Kier alpha value is -3.84. The molecule has 1 atom stereocenters. The van der Waals surface area contributed by atoms with E-state index in [2.05, 4.69) is 10.0 Å². The lowest BCUT2D eigenvalue weighted by Gasteiger charge is -2.17. The normalized spacial score (nSPS) is 12.2. The summed E-state index contributed by atoms with van der Waals surface area (Å²) in [5.41, 5.74) is 2.10. The summed E-state index contributed by atoms with van der Waals surface area (Å²) in [6, 6.07) is 26.6. The highest BCUT2D eigenvalue weighted by Crippen LogP contribution is 2.26. The Morgan fingerprint density at radius 3 is 2.26 bits per heavy atom. The number of aryl methyl sites for hydroxylation is 1. The maximum Gasteiger partial charge on any atom is 0.265 e. The molecule has 0 heterocycles. The summed E-state index contributed by atoms with van der Waals surface area (Å²) in [5, 5.41) is 4.56. The highest BCUT2D eigenvalue weighted by molar-refractivity contribution is 7.92. The highest BCUT2D eigenvalue weighted by Gasteiger charge is 2.20. The molecule has 0 aliphatic heterocycles. The van der Waals surface area contributed by atoms with E-state index in [-0.39, 0.29) is 10.8 Å². The van der Waals surface area contributed by atoms with Crippen molar-refractivity contribution in [3.8, 4) is 5.75 Å². The van der Waals surface area contributed by atoms with E-state index in [4.69, 9.17) is 4.74 Å². The molecule has 0 radical (unpaired) electrons. The Morgan fingerprint density at radius 1 is 0.882 bits per heavy atom. The van der Waals surface area contributed by atoms with E-state index >= 15 is 0 Å². The second kappa shape index (κ2) is 9.97. The molecule has 4 aromatic carbocycles. The van der Waals surface area contributed by atoms with Crippen molar-refractivity contribution in [2.45, 2.75) is 31.3 Å². The third-order valence-corrected chi connectivity index (χ3v) is 6.81. The van der Waals surface area contributed by atoms with Crippen molar-refractivity contribution in [1.29, 1.82) is 0 Å². The lowest BCUT2D eigenvalue weighted by Crippen LogP contribution is -2.32. The average Bonchev–Trinajstić information content (AvgIpc) is 2.84. The largest absolute Gasteiger partial charge is 0.481 e. The summed E-state index contributed by atoms with van der Waals surface area (Å²) in [6.07, 6.45) is -0.180. The highest BCUT2D eigenvalue weighted by atomic mass is 32.2. The first kappa shape index (κ1) is 23.3. The topological polar surface area (TPSA) is 84.5 Å². The van der Waals surface area contributed by atoms with Crippen LogP contribution in [0.15, 0.2) is 95.9 Å². The summed E-state index contributed by atoms with van der Waals surface area (Å²) in [7, 11) is -3.80. The van der Waals surface area contributed by atoms with E-state index in [1.54, 1.807) is 18.2 Å². The predicted octanol–water partition coefficient (Wildman–Crippen LogP) is 5.75. The molecule has 1 amide bonds. The molecule has 0 aliphatic rings. The van der Waals surface area contributed by atoms with E-state index in [9.17, 15) is 13.2 Å². The van der Waals surface area contributed by atoms with Gasteiger partial charge in [-0.3, -0.25) is 9.52 Å². The van der Waals surface area contributed by atoms with Crippen LogP contribution in [0.25, 0.3) is 10.8 Å². The van der Waals surface area contributed by atoms with E-state index < -0.39 is 16.1 Å². The minimum absolute atomic E-state index is 0.0985. The molecule has 0 aromatic heterocycles. The first-order chi connectivity index (χ1) is 16.4. The molecule has 0 bridgehead atoms. The number of sulfonamides is 1. The van der Waals surface area contributed by atoms with Crippen molar-refractivity contribution in [3.63, 3.8) is 0 Å². The van der Waals surface area contributed by atoms with Crippen LogP contribution in [0.3, 0.4) is 0 Å². The Bertz CT molecular complexity index is 1390. The number of carbonyl (C=O) groups excluding carboxylic acids is 1. The van der Waals surface area contributed by atoms with Gasteiger partial charge in [-0.05, 0) is 61.2 Å². The molecule has 174 valence electrons. The fourth-order valence-corrected chi connectivity index (χ4v) is 4.64. The van der Waals surface area contributed by atoms with Gasteiger partial charge in [-0.15, -0.1) is 0 Å². The molecule has 0 saturated heterocycles. The Kier molecular flexibility index (Phi) is 6.84. The van der Waals surface area contributed by atoms with Gasteiger partial charge >= 0.3 is 0 Å². The molecule has 0 spiro atoms. The lowest BCUT2D eigenvalue weighted by atomic mass is 10.1. The number of anilines is 2. The zero-order chi connectivity index (χ0) is 24.1. The number of hydrogen-bond donors (Lipinski definition) is 2. The molecule has 0 fully saturated rings. The van der Waals surface area contributed by atoms with Crippen molar-refractivity contribution < 1.29 is 17.9 Å². The van der Waals surface area contributed by atoms with E-state index in [0.717, 1.165) is 16.3 Å². The monoisotopic (exact) mass is 474 g/mol. The van der Waals surface area contributed by atoms with Crippen LogP contribution in [0, 0.1) is 6.92 Å². The van der Waals surface area contributed by atoms with Crippen molar-refractivity contribution in [1.82, 2.24) is 0 Å². The maximum absolute atomic E-state index is 12.9. The van der Waals surface area contributed by atoms with Crippen LogP contribution in [0.4, 0.5) is 11.4 Å². The first-order valence-electron chi connectivity index (χ1n) is 11.0. The third kappa shape index (κ3) is 5.38. The van der Waals surface area contributed by atoms with Crippen LogP contribution >= 0.6 is 0 Å². The standard InChI is InChI=1S/C27H26N2O4S/c1-3-26(33-22-15-11-19(2)12-16-22)27(30)28-21-13-17-23(18-14-21)34(31,32)29-25-10-6-8-20-7-4-5-9-24(20)25/h4-18,26,29H,3H2,1-2H3,(H,28,30)/t26-/m0/s1. The first-order valence-corrected chi connectivity index (χ1v) is 12.5. The van der Waals surface area contributed by atoms with Crippen molar-refractivity contribution in [2.24, 2.45) is 0 Å². The summed E-state index contributed by atoms with van der Waals surface area (Å²) in [6.45, 7) is 3.85. The van der Waals surface area contributed by atoms with Gasteiger partial charge in [-0.25, -0.2) is 8.42 Å². The molecular formula is C27H26N2O4S. The van der Waals surface area contributed by atoms with Gasteiger partial charge in [0.15, 0.2) is 6.10 Å². The molecule has 4 rings (SSSR count). The number of rotatable bonds is 8. The third-order valence-electron chi connectivity index (χ3n) is 5.43. The summed E-state index contributed by atoms with van der Waals surface area (Å²) in [4.78, 5) is 12.8. The fraction of sp³-hybridized carbons (Fsp3) is 0.148. The van der Waals surface area contributed by atoms with Gasteiger partial charge in [0.05, 0.1) is 10.6 Å². The SMILES string of the molecule is CC[C@H](Oc1ccc(C)cc1)C(=O)Nc1ccc(S(=O)(=O)Nc2cccc3ccccc23)cc1. The van der Waals surface area contributed by atoms with Gasteiger partial charge in [0.25, 0.3) is 15.9 Å². The number of ether oxygens (including phenoxy) is 1. The van der Waals surface area contributed by atoms with Crippen molar-refractivity contribution >= 4 is 38.1 Å². The lowest BCUT2D eigenvalue weighted by molar-refractivity contribution is -0.122. The van der Waals surface area contributed by atoms with Crippen LogP contribution in [-0.2, 0) is 14.8 Å². The number of benzene rings is 4. The number of carbonyl (C=O) groups is 1. The number of fused-ring (bicyclic) bond motifs is 1. The summed E-state index contributed by atoms with van der Waals surface area (Å²) < 4.78 is 34.4. The zero-order valence-electron chi connectivity index (χ0n) is 19.0. The molecular weight excluding hydrogens is 448 g/mol. The van der Waals surface area contributed by atoms with Gasteiger partial charge in [-0.2, -0.15) is 0 Å². The smallest absolute Gasteiger partial charge is 0.265 e. The fourth-order valence-electron chi connectivity index (χ4n) is 3.56. The van der Waals surface area contributed by atoms with Crippen LogP contribution in [0.2, 0.25) is 0 Å². The molecule has 4 aromatic rings. The Morgan fingerprint density at radius 2 is 1.56 bits per heavy atom. The molecule has 6 nitrogen and oxygen atoms in total. The maximum atomic E-state index is 12.9. The number of hydrogen-bond acceptors (Lipinski definition) is 4. The average molecular weight is 475 g/mol. The minimum atomic E-state index is -3.80. The molecule has 2 N–H and O–H groups in total. The van der Waals surface area contributed by atoms with Crippen molar-refractivity contribution in [2.75, 3.05) is 10.0 Å². The molecule has 7 heteroatoms. The van der Waals surface area contributed by atoms with Crippen molar-refractivity contribution in [3.05, 3.63) is 96.6 Å². The van der Waals surface area contributed by atoms with Crippen LogP contribution < -0.4 is 14.8 Å². The second-order valence-corrected chi connectivity index (χ2v) is 9.66. The summed E-state index contributed by atoms with van der Waals surface area (Å²) >= 11 is 0. The molecule has 34 heavy (non-hydrogen) atoms. The number of nitrogens with one attached hydrogen (secondary N) is 2. The van der Waals surface area contributed by atoms with Gasteiger partial charge < -0.3 is 10.1 Å². The van der Waals surface area contributed by atoms with E-state index in [0.29, 0.717) is 23.5 Å². The zero-order valence-corrected chi connectivity index (χ0v) is 19.8. The molecule has 0 unspecified atom stereocenters. The van der Waals surface area contributed by atoms with Gasteiger partial charge in [0.1, 0.15) is 5.75 Å². The van der Waals surface area contributed by atoms with Crippen LogP contribution in [0.1, 0.15) is 18.9 Å². The Balaban J connectivity index is 1.45.